The van der Waals surface area contributed by atoms with Crippen LogP contribution in [0.5, 0.6) is 0 Å². The number of halogens is 1. The van der Waals surface area contributed by atoms with Gasteiger partial charge in [0, 0.05) is 16.6 Å². The molecule has 0 saturated carbocycles. The minimum Gasteiger partial charge on any atom is -0.365 e. The van der Waals surface area contributed by atoms with Crippen LogP contribution in [0, 0.1) is 22.0 Å². The minimum atomic E-state index is -0.533. The van der Waals surface area contributed by atoms with E-state index >= 15 is 0 Å². The summed E-state index contributed by atoms with van der Waals surface area (Å²) in [6.07, 6.45) is 2.91. The molecule has 22 heavy (non-hydrogen) atoms. The number of carbonyl (C=O) groups is 2. The van der Waals surface area contributed by atoms with Crippen molar-refractivity contribution in [2.45, 2.75) is 12.2 Å². The monoisotopic (exact) mass is 364 g/mol. The van der Waals surface area contributed by atoms with Gasteiger partial charge in [0.05, 0.1) is 34.7 Å². The number of non-ortho nitro benzene ring substituents is 1. The van der Waals surface area contributed by atoms with Crippen LogP contribution in [-0.4, -0.2) is 28.9 Å². The Morgan fingerprint density at radius 3 is 2.23 bits per heavy atom. The Morgan fingerprint density at radius 2 is 1.73 bits per heavy atom. The summed E-state index contributed by atoms with van der Waals surface area (Å²) < 4.78 is 5.90. The van der Waals surface area contributed by atoms with Gasteiger partial charge < -0.3 is 4.74 Å². The maximum atomic E-state index is 12.6. The molecule has 2 fully saturated rings. The van der Waals surface area contributed by atoms with E-state index in [1.807, 2.05) is 12.2 Å². The van der Waals surface area contributed by atoms with Gasteiger partial charge in [-0.2, -0.15) is 0 Å². The molecule has 0 aromatic heterocycles. The summed E-state index contributed by atoms with van der Waals surface area (Å²) >= 11 is 3.21. The Labute approximate surface area is 132 Å². The lowest BCUT2D eigenvalue weighted by Gasteiger charge is -2.18. The Morgan fingerprint density at radius 1 is 1.14 bits per heavy atom. The van der Waals surface area contributed by atoms with Gasteiger partial charge in [-0.3, -0.25) is 19.7 Å². The number of nitrogens with zero attached hydrogens (tertiary/aromatic N) is 2. The van der Waals surface area contributed by atoms with E-state index in [1.165, 1.54) is 18.2 Å². The van der Waals surface area contributed by atoms with E-state index in [0.717, 1.165) is 4.90 Å². The highest BCUT2D eigenvalue weighted by Crippen LogP contribution is 2.47. The molecule has 8 heteroatoms. The molecular weight excluding hydrogens is 356 g/mol. The first-order chi connectivity index (χ1) is 10.5. The molecule has 0 N–H and O–H groups in total. The number of rotatable bonds is 2. The van der Waals surface area contributed by atoms with Crippen LogP contribution in [0.15, 0.2) is 34.8 Å². The SMILES string of the molecule is O=C1[C@@H]2[C@H](C(=O)N1c1ccc([N+](=O)[O-])cc1Br)[C@H]1C=C[C@H]2O1. The van der Waals surface area contributed by atoms with Gasteiger partial charge in [0.25, 0.3) is 5.69 Å². The second-order valence-corrected chi connectivity index (χ2v) is 6.26. The maximum absolute atomic E-state index is 12.6. The average Bonchev–Trinajstić information content (AvgIpc) is 3.14. The number of ether oxygens (including phenoxy) is 1. The van der Waals surface area contributed by atoms with Crippen LogP contribution in [-0.2, 0) is 14.3 Å². The molecule has 2 amide bonds. The number of imide groups is 1. The molecule has 1 aromatic carbocycles. The Bertz CT molecular complexity index is 732. The quantitative estimate of drug-likeness (QED) is 0.345. The van der Waals surface area contributed by atoms with E-state index in [4.69, 9.17) is 4.74 Å². The van der Waals surface area contributed by atoms with Crippen molar-refractivity contribution in [2.24, 2.45) is 11.8 Å². The zero-order valence-electron chi connectivity index (χ0n) is 11.0. The second-order valence-electron chi connectivity index (χ2n) is 5.41. The number of fused-ring (bicyclic) bond motifs is 5. The number of amides is 2. The molecule has 0 spiro atoms. The molecular formula is C14H9BrN2O5. The van der Waals surface area contributed by atoms with Crippen molar-refractivity contribution in [2.75, 3.05) is 4.90 Å². The standard InChI is InChI=1S/C14H9BrN2O5/c15-7-5-6(17(20)21)1-2-8(7)16-13(18)11-9-3-4-10(22-9)12(11)14(16)19/h1-5,9-12H/t9-,10-,11-,12+/m1/s1. The fraction of sp³-hybridized carbons (Fsp3) is 0.286. The van der Waals surface area contributed by atoms with Crippen LogP contribution in [0.1, 0.15) is 0 Å². The molecule has 0 unspecified atom stereocenters. The van der Waals surface area contributed by atoms with E-state index in [1.54, 1.807) is 0 Å². The summed E-state index contributed by atoms with van der Waals surface area (Å²) in [5, 5.41) is 10.8. The van der Waals surface area contributed by atoms with E-state index in [0.29, 0.717) is 10.2 Å². The molecule has 3 aliphatic rings. The van der Waals surface area contributed by atoms with E-state index in [-0.39, 0.29) is 29.7 Å². The van der Waals surface area contributed by atoms with E-state index in [9.17, 15) is 19.7 Å². The van der Waals surface area contributed by atoms with Crippen LogP contribution >= 0.6 is 15.9 Å². The largest absolute Gasteiger partial charge is 0.365 e. The number of anilines is 1. The number of hydrogen-bond donors (Lipinski definition) is 0. The molecule has 0 radical (unpaired) electrons. The maximum Gasteiger partial charge on any atom is 0.270 e. The van der Waals surface area contributed by atoms with Crippen molar-refractivity contribution in [3.63, 3.8) is 0 Å². The summed E-state index contributed by atoms with van der Waals surface area (Å²) in [5.41, 5.74) is 0.217. The number of hydrogen-bond acceptors (Lipinski definition) is 5. The highest BCUT2D eigenvalue weighted by atomic mass is 79.9. The molecule has 4 atom stereocenters. The zero-order valence-corrected chi connectivity index (χ0v) is 12.6. The Balaban J connectivity index is 1.74. The van der Waals surface area contributed by atoms with Crippen molar-refractivity contribution in [1.82, 2.24) is 0 Å². The summed E-state index contributed by atoms with van der Waals surface area (Å²) in [7, 11) is 0. The Hall–Kier alpha value is -2.06. The normalized spacial score (nSPS) is 32.0. The van der Waals surface area contributed by atoms with Crippen molar-refractivity contribution >= 4 is 39.1 Å². The number of nitro groups is 1. The smallest absolute Gasteiger partial charge is 0.270 e. The van der Waals surface area contributed by atoms with Crippen LogP contribution in [0.2, 0.25) is 0 Å². The van der Waals surface area contributed by atoms with Crippen LogP contribution in [0.25, 0.3) is 0 Å². The fourth-order valence-electron chi connectivity index (χ4n) is 3.33. The molecule has 7 nitrogen and oxygen atoms in total. The van der Waals surface area contributed by atoms with Gasteiger partial charge in [0.2, 0.25) is 11.8 Å². The zero-order chi connectivity index (χ0) is 15.6. The number of nitro benzene ring substituents is 1. The van der Waals surface area contributed by atoms with E-state index < -0.39 is 16.8 Å². The van der Waals surface area contributed by atoms with Gasteiger partial charge in [0.1, 0.15) is 0 Å². The highest BCUT2D eigenvalue weighted by molar-refractivity contribution is 9.10. The molecule has 3 heterocycles. The fourth-order valence-corrected chi connectivity index (χ4v) is 3.88. The highest BCUT2D eigenvalue weighted by Gasteiger charge is 2.61. The second kappa shape index (κ2) is 4.47. The first-order valence-corrected chi connectivity index (χ1v) is 7.44. The lowest BCUT2D eigenvalue weighted by Crippen LogP contribution is -2.34. The van der Waals surface area contributed by atoms with Gasteiger partial charge in [-0.25, -0.2) is 4.90 Å². The first-order valence-electron chi connectivity index (χ1n) is 6.64. The minimum absolute atomic E-state index is 0.111. The lowest BCUT2D eigenvalue weighted by molar-refractivity contribution is -0.384. The molecule has 2 saturated heterocycles. The summed E-state index contributed by atoms with van der Waals surface area (Å²) in [4.78, 5) is 36.5. The summed E-state index contributed by atoms with van der Waals surface area (Å²) in [6, 6.07) is 3.97. The molecule has 4 rings (SSSR count). The van der Waals surface area contributed by atoms with E-state index in [2.05, 4.69) is 15.9 Å². The topological polar surface area (TPSA) is 89.8 Å². The third-order valence-corrected chi connectivity index (χ3v) is 4.93. The van der Waals surface area contributed by atoms with Gasteiger partial charge in [-0.15, -0.1) is 0 Å². The van der Waals surface area contributed by atoms with Gasteiger partial charge in [-0.1, -0.05) is 12.2 Å². The third kappa shape index (κ3) is 1.65. The Kier molecular flexibility index (Phi) is 2.76. The van der Waals surface area contributed by atoms with Crippen molar-refractivity contribution in [3.8, 4) is 0 Å². The third-order valence-electron chi connectivity index (χ3n) is 4.29. The molecule has 2 bridgehead atoms. The summed E-state index contributed by atoms with van der Waals surface area (Å²) in [6.45, 7) is 0. The van der Waals surface area contributed by atoms with Gasteiger partial charge in [-0.05, 0) is 22.0 Å². The van der Waals surface area contributed by atoms with Gasteiger partial charge >= 0.3 is 0 Å². The van der Waals surface area contributed by atoms with Crippen molar-refractivity contribution < 1.29 is 19.2 Å². The number of carbonyl (C=O) groups excluding carboxylic acids is 2. The van der Waals surface area contributed by atoms with Gasteiger partial charge in [0.15, 0.2) is 0 Å². The predicted molar refractivity (Wildman–Crippen MR) is 78.1 cm³/mol. The summed E-state index contributed by atoms with van der Waals surface area (Å²) in [5.74, 6) is -1.63. The van der Waals surface area contributed by atoms with Crippen LogP contribution < -0.4 is 4.90 Å². The van der Waals surface area contributed by atoms with Crippen molar-refractivity contribution in [3.05, 3.63) is 44.9 Å². The van der Waals surface area contributed by atoms with Crippen molar-refractivity contribution in [1.29, 1.82) is 0 Å². The van der Waals surface area contributed by atoms with Crippen LogP contribution in [0.3, 0.4) is 0 Å². The molecule has 0 aliphatic carbocycles. The number of benzene rings is 1. The first kappa shape index (κ1) is 13.6. The predicted octanol–water partition coefficient (Wildman–Crippen LogP) is 1.80. The average molecular weight is 365 g/mol. The van der Waals surface area contributed by atoms with Crippen LogP contribution in [0.4, 0.5) is 11.4 Å². The molecule has 1 aromatic rings. The lowest BCUT2D eigenvalue weighted by atomic mass is 9.85. The molecule has 112 valence electrons. The molecule has 3 aliphatic heterocycles.